The molecule has 0 heterocycles. The molecule has 4 aliphatic rings. The van der Waals surface area contributed by atoms with Crippen molar-refractivity contribution >= 4 is 17.7 Å². The molecular formula is C34H62N2OS. The molecule has 1 amide bonds. The first-order valence-electron chi connectivity index (χ1n) is 16.8. The molecule has 0 aliphatic heterocycles. The molecule has 3 nitrogen and oxygen atoms in total. The Bertz CT molecular complexity index is 757. The number of nitrogens with one attached hydrogen (secondary N) is 2. The quantitative estimate of drug-likeness (QED) is 0.228. The first-order chi connectivity index (χ1) is 18.2. The average Bonchev–Trinajstić information content (AvgIpc) is 3.23. The Hall–Kier alpha value is -0.220. The maximum atomic E-state index is 12.6. The van der Waals surface area contributed by atoms with Crippen LogP contribution in [-0.4, -0.2) is 36.5 Å². The zero-order chi connectivity index (χ0) is 27.3. The van der Waals surface area contributed by atoms with Crippen LogP contribution in [0.2, 0.25) is 0 Å². The fourth-order valence-electron chi connectivity index (χ4n) is 10.3. The summed E-state index contributed by atoms with van der Waals surface area (Å²) < 4.78 is 0. The summed E-state index contributed by atoms with van der Waals surface area (Å²) in [5, 5.41) is 6.78. The molecule has 9 atom stereocenters. The summed E-state index contributed by atoms with van der Waals surface area (Å²) in [5.41, 5.74) is 1.09. The Morgan fingerprint density at radius 3 is 2.45 bits per heavy atom. The molecule has 4 fully saturated rings. The van der Waals surface area contributed by atoms with Crippen molar-refractivity contribution < 1.29 is 4.79 Å². The van der Waals surface area contributed by atoms with Crippen LogP contribution in [0.4, 0.5) is 0 Å². The smallest absolute Gasteiger partial charge is 0.234 e. The third-order valence-electron chi connectivity index (χ3n) is 12.4. The van der Waals surface area contributed by atoms with E-state index in [0.29, 0.717) is 23.4 Å². The molecule has 0 unspecified atom stereocenters. The van der Waals surface area contributed by atoms with E-state index in [-0.39, 0.29) is 5.91 Å². The van der Waals surface area contributed by atoms with Crippen LogP contribution in [0.1, 0.15) is 125 Å². The average molecular weight is 547 g/mol. The summed E-state index contributed by atoms with van der Waals surface area (Å²) in [4.78, 5) is 12.6. The maximum absolute atomic E-state index is 12.6. The van der Waals surface area contributed by atoms with E-state index < -0.39 is 0 Å². The van der Waals surface area contributed by atoms with Gasteiger partial charge in [-0.3, -0.25) is 4.79 Å². The highest BCUT2D eigenvalue weighted by molar-refractivity contribution is 7.99. The zero-order valence-electron chi connectivity index (χ0n) is 26.0. The molecule has 0 aromatic rings. The van der Waals surface area contributed by atoms with E-state index in [2.05, 4.69) is 52.2 Å². The van der Waals surface area contributed by atoms with Gasteiger partial charge >= 0.3 is 0 Å². The fourth-order valence-corrected chi connectivity index (χ4v) is 11.0. The van der Waals surface area contributed by atoms with E-state index in [1.54, 1.807) is 0 Å². The summed E-state index contributed by atoms with van der Waals surface area (Å²) in [6.07, 6.45) is 17.9. The van der Waals surface area contributed by atoms with E-state index in [1.807, 2.05) is 11.8 Å². The van der Waals surface area contributed by atoms with Gasteiger partial charge in [0.25, 0.3) is 0 Å². The number of hydrogen-bond donors (Lipinski definition) is 2. The molecule has 4 heteroatoms. The fraction of sp³-hybridized carbons (Fsp3) is 0.971. The first-order valence-corrected chi connectivity index (χ1v) is 17.9. The van der Waals surface area contributed by atoms with Crippen molar-refractivity contribution in [1.29, 1.82) is 0 Å². The van der Waals surface area contributed by atoms with Crippen molar-refractivity contribution in [2.75, 3.05) is 24.6 Å². The molecule has 220 valence electrons. The summed E-state index contributed by atoms with van der Waals surface area (Å²) in [7, 11) is 0. The Labute approximate surface area is 240 Å². The molecule has 38 heavy (non-hydrogen) atoms. The van der Waals surface area contributed by atoms with E-state index in [0.717, 1.165) is 54.4 Å². The second-order valence-corrected chi connectivity index (χ2v) is 16.3. The topological polar surface area (TPSA) is 41.1 Å². The van der Waals surface area contributed by atoms with Crippen molar-refractivity contribution in [3.63, 3.8) is 0 Å². The number of rotatable bonds is 13. The molecular weight excluding hydrogens is 484 g/mol. The second kappa shape index (κ2) is 13.6. The lowest BCUT2D eigenvalue weighted by Crippen LogP contribution is -2.56. The molecule has 0 spiro atoms. The lowest BCUT2D eigenvalue weighted by molar-refractivity contribution is -0.127. The predicted molar refractivity (Wildman–Crippen MR) is 165 cm³/mol. The van der Waals surface area contributed by atoms with Gasteiger partial charge < -0.3 is 10.6 Å². The standard InChI is InChI=1S/C34H62N2OS/c1-7-38-21-9-20-35-23-32(37)36-27-16-18-33(5)26(22-27)12-13-28-30-15-14-29(25(4)11-8-10-24(2)3)34(30,6)19-17-31(28)33/h24-31,35H,7-23H2,1-6H3,(H,36,37)/t25-,26+,27-,28-,29+,30-,31-,33-,34+/m0/s1. The zero-order valence-corrected chi connectivity index (χ0v) is 26.8. The Morgan fingerprint density at radius 2 is 1.68 bits per heavy atom. The van der Waals surface area contributed by atoms with Gasteiger partial charge in [-0.1, -0.05) is 60.8 Å². The monoisotopic (exact) mass is 546 g/mol. The Morgan fingerprint density at radius 1 is 0.921 bits per heavy atom. The van der Waals surface area contributed by atoms with Crippen molar-refractivity contribution in [2.45, 2.75) is 131 Å². The van der Waals surface area contributed by atoms with Crippen molar-refractivity contribution in [1.82, 2.24) is 10.6 Å². The largest absolute Gasteiger partial charge is 0.352 e. The van der Waals surface area contributed by atoms with Gasteiger partial charge in [0.15, 0.2) is 0 Å². The van der Waals surface area contributed by atoms with Crippen LogP contribution in [0.25, 0.3) is 0 Å². The van der Waals surface area contributed by atoms with Crippen LogP contribution in [0.3, 0.4) is 0 Å². The van der Waals surface area contributed by atoms with Crippen LogP contribution in [0.15, 0.2) is 0 Å². The molecule has 0 saturated heterocycles. The maximum Gasteiger partial charge on any atom is 0.234 e. The van der Waals surface area contributed by atoms with Crippen molar-refractivity contribution in [2.24, 2.45) is 52.3 Å². The van der Waals surface area contributed by atoms with Crippen LogP contribution in [0, 0.1) is 52.3 Å². The summed E-state index contributed by atoms with van der Waals surface area (Å²) >= 11 is 1.98. The van der Waals surface area contributed by atoms with E-state index in [9.17, 15) is 4.79 Å². The molecule has 0 bridgehead atoms. The van der Waals surface area contributed by atoms with Gasteiger partial charge in [-0.2, -0.15) is 11.8 Å². The van der Waals surface area contributed by atoms with Gasteiger partial charge in [-0.15, -0.1) is 0 Å². The summed E-state index contributed by atoms with van der Waals surface area (Å²) in [6.45, 7) is 16.4. The van der Waals surface area contributed by atoms with Crippen LogP contribution < -0.4 is 10.6 Å². The van der Waals surface area contributed by atoms with Gasteiger partial charge in [0.1, 0.15) is 0 Å². The van der Waals surface area contributed by atoms with Gasteiger partial charge in [0.2, 0.25) is 5.91 Å². The third kappa shape index (κ3) is 6.80. The first kappa shape index (κ1) is 30.7. The van der Waals surface area contributed by atoms with Gasteiger partial charge in [0.05, 0.1) is 6.54 Å². The minimum atomic E-state index is 0.211. The van der Waals surface area contributed by atoms with E-state index in [1.165, 1.54) is 88.6 Å². The van der Waals surface area contributed by atoms with Gasteiger partial charge in [0, 0.05) is 6.04 Å². The molecule has 0 radical (unpaired) electrons. The van der Waals surface area contributed by atoms with Crippen molar-refractivity contribution in [3.8, 4) is 0 Å². The SMILES string of the molecule is CCSCCCNCC(=O)N[C@H]1CC[C@@]2(C)[C@H](CC[C@@H]3[C@@H]2CC[C@]2(C)[C@@H]([C@@H](C)CCCC(C)C)CC[C@@H]32)C1. The lowest BCUT2D eigenvalue weighted by Gasteiger charge is -2.61. The highest BCUT2D eigenvalue weighted by Crippen LogP contribution is 2.68. The number of carbonyl (C=O) groups excluding carboxylic acids is 1. The van der Waals surface area contributed by atoms with Gasteiger partial charge in [-0.25, -0.2) is 0 Å². The number of amides is 1. The Kier molecular flexibility index (Phi) is 11.0. The minimum absolute atomic E-state index is 0.211. The lowest BCUT2D eigenvalue weighted by atomic mass is 9.44. The third-order valence-corrected chi connectivity index (χ3v) is 13.3. The van der Waals surface area contributed by atoms with Crippen molar-refractivity contribution in [3.05, 3.63) is 0 Å². The van der Waals surface area contributed by atoms with Crippen LogP contribution >= 0.6 is 11.8 Å². The Balaban J connectivity index is 1.28. The van der Waals surface area contributed by atoms with E-state index in [4.69, 9.17) is 0 Å². The highest BCUT2D eigenvalue weighted by atomic mass is 32.2. The molecule has 0 aromatic heterocycles. The number of carbonyl (C=O) groups is 1. The molecule has 4 rings (SSSR count). The second-order valence-electron chi connectivity index (χ2n) is 15.0. The van der Waals surface area contributed by atoms with Gasteiger partial charge in [-0.05, 0) is 135 Å². The summed E-state index contributed by atoms with van der Waals surface area (Å²) in [5.74, 6) is 8.94. The predicted octanol–water partition coefficient (Wildman–Crippen LogP) is 8.33. The summed E-state index contributed by atoms with van der Waals surface area (Å²) in [6, 6.07) is 0.394. The number of fused-ring (bicyclic) bond motifs is 5. The number of thioether (sulfide) groups is 1. The highest BCUT2D eigenvalue weighted by Gasteiger charge is 2.60. The van der Waals surface area contributed by atoms with Crippen LogP contribution in [0.5, 0.6) is 0 Å². The normalized spacial score (nSPS) is 39.3. The number of hydrogen-bond acceptors (Lipinski definition) is 3. The molecule has 0 aromatic carbocycles. The molecule has 4 aliphatic carbocycles. The minimum Gasteiger partial charge on any atom is -0.352 e. The molecule has 4 saturated carbocycles. The molecule has 2 N–H and O–H groups in total. The van der Waals surface area contributed by atoms with E-state index >= 15 is 0 Å². The van der Waals surface area contributed by atoms with Crippen LogP contribution in [-0.2, 0) is 4.79 Å².